The molecule has 1 atom stereocenters. The van der Waals surface area contributed by atoms with E-state index in [-0.39, 0.29) is 5.41 Å². The molecular weight excluding hydrogens is 272 g/mol. The second kappa shape index (κ2) is 6.59. The maximum Gasteiger partial charge on any atom is 0.119 e. The molecule has 3 heteroatoms. The van der Waals surface area contributed by atoms with Crippen molar-refractivity contribution in [1.82, 2.24) is 10.2 Å². The molecule has 0 bridgehead atoms. The molecule has 22 heavy (non-hydrogen) atoms. The highest BCUT2D eigenvalue weighted by Crippen LogP contribution is 2.31. The van der Waals surface area contributed by atoms with Gasteiger partial charge in [0.15, 0.2) is 0 Å². The van der Waals surface area contributed by atoms with Gasteiger partial charge in [0.05, 0.1) is 6.61 Å². The molecule has 3 nitrogen and oxygen atoms in total. The molecule has 3 rings (SSSR count). The summed E-state index contributed by atoms with van der Waals surface area (Å²) in [5.41, 5.74) is 3.15. The van der Waals surface area contributed by atoms with E-state index in [9.17, 15) is 0 Å². The topological polar surface area (TPSA) is 24.5 Å². The third-order valence-electron chi connectivity index (χ3n) is 5.19. The first kappa shape index (κ1) is 15.8. The zero-order valence-corrected chi connectivity index (χ0v) is 14.3. The van der Waals surface area contributed by atoms with Crippen molar-refractivity contribution >= 4 is 0 Å². The summed E-state index contributed by atoms with van der Waals surface area (Å²) in [5.74, 6) is 1.04. The number of likely N-dealkylation sites (tertiary alicyclic amines) is 1. The van der Waals surface area contributed by atoms with Gasteiger partial charge in [-0.25, -0.2) is 0 Å². The second-order valence-corrected chi connectivity index (χ2v) is 7.62. The predicted molar refractivity (Wildman–Crippen MR) is 91.4 cm³/mol. The first-order valence-corrected chi connectivity index (χ1v) is 8.75. The maximum atomic E-state index is 6.20. The normalized spacial score (nSPS) is 26.0. The molecule has 122 valence electrons. The molecular formula is C19H30N2O. The van der Waals surface area contributed by atoms with E-state index in [0.717, 1.165) is 38.4 Å². The molecule has 0 saturated carbocycles. The number of benzene rings is 1. The summed E-state index contributed by atoms with van der Waals surface area (Å²) in [6.07, 6.45) is 3.67. The Morgan fingerprint density at radius 2 is 2.18 bits per heavy atom. The molecule has 0 spiro atoms. The van der Waals surface area contributed by atoms with Crippen molar-refractivity contribution in [1.29, 1.82) is 0 Å². The van der Waals surface area contributed by atoms with Gasteiger partial charge in [0.2, 0.25) is 0 Å². The number of rotatable bonds is 4. The average Bonchev–Trinajstić information content (AvgIpc) is 2.53. The fourth-order valence-corrected chi connectivity index (χ4v) is 3.72. The van der Waals surface area contributed by atoms with Crippen molar-refractivity contribution in [3.8, 4) is 5.75 Å². The van der Waals surface area contributed by atoms with Crippen LogP contribution >= 0.6 is 0 Å². The van der Waals surface area contributed by atoms with Crippen LogP contribution in [0.25, 0.3) is 0 Å². The van der Waals surface area contributed by atoms with Gasteiger partial charge in [-0.3, -0.25) is 0 Å². The zero-order chi connectivity index (χ0) is 15.6. The zero-order valence-electron chi connectivity index (χ0n) is 14.3. The Hall–Kier alpha value is -1.06. The lowest BCUT2D eigenvalue weighted by Crippen LogP contribution is -2.47. The van der Waals surface area contributed by atoms with Gasteiger partial charge in [0.1, 0.15) is 5.75 Å². The molecule has 1 saturated heterocycles. The highest BCUT2D eigenvalue weighted by molar-refractivity contribution is 5.37. The molecule has 1 unspecified atom stereocenters. The van der Waals surface area contributed by atoms with Crippen LogP contribution in [0, 0.1) is 5.41 Å². The number of nitrogens with one attached hydrogen (secondary N) is 1. The van der Waals surface area contributed by atoms with Gasteiger partial charge in [0.25, 0.3) is 0 Å². The number of piperidine rings is 1. The Balaban J connectivity index is 1.61. The van der Waals surface area contributed by atoms with Crippen LogP contribution in [0.15, 0.2) is 18.2 Å². The first-order valence-electron chi connectivity index (χ1n) is 8.75. The number of hydrogen-bond acceptors (Lipinski definition) is 3. The Bertz CT molecular complexity index is 514. The summed E-state index contributed by atoms with van der Waals surface area (Å²) >= 11 is 0. The molecule has 0 aliphatic carbocycles. The molecule has 0 aromatic heterocycles. The number of ether oxygens (including phenoxy) is 1. The summed E-state index contributed by atoms with van der Waals surface area (Å²) in [5, 5.41) is 3.42. The van der Waals surface area contributed by atoms with Crippen LogP contribution in [0.4, 0.5) is 0 Å². The number of nitrogens with zero attached hydrogens (tertiary/aromatic N) is 1. The first-order chi connectivity index (χ1) is 10.6. The summed E-state index contributed by atoms with van der Waals surface area (Å²) in [6.45, 7) is 12.3. The monoisotopic (exact) mass is 302 g/mol. The van der Waals surface area contributed by atoms with Gasteiger partial charge in [-0.15, -0.1) is 0 Å². The van der Waals surface area contributed by atoms with Crippen LogP contribution in [-0.2, 0) is 13.0 Å². The van der Waals surface area contributed by atoms with Crippen LogP contribution in [0.2, 0.25) is 0 Å². The highest BCUT2D eigenvalue weighted by Gasteiger charge is 2.32. The molecule has 2 aliphatic rings. The van der Waals surface area contributed by atoms with E-state index >= 15 is 0 Å². The lowest BCUT2D eigenvalue weighted by molar-refractivity contribution is 0.0405. The Morgan fingerprint density at radius 1 is 1.32 bits per heavy atom. The number of fused-ring (bicyclic) bond motifs is 1. The van der Waals surface area contributed by atoms with Gasteiger partial charge in [-0.1, -0.05) is 13.0 Å². The van der Waals surface area contributed by atoms with Crippen LogP contribution in [0.3, 0.4) is 0 Å². The van der Waals surface area contributed by atoms with E-state index in [1.54, 1.807) is 0 Å². The summed E-state index contributed by atoms with van der Waals surface area (Å²) in [6, 6.07) is 7.25. The molecule has 0 radical (unpaired) electrons. The van der Waals surface area contributed by atoms with Gasteiger partial charge in [-0.2, -0.15) is 0 Å². The maximum absolute atomic E-state index is 6.20. The van der Waals surface area contributed by atoms with E-state index in [1.807, 2.05) is 0 Å². The summed E-state index contributed by atoms with van der Waals surface area (Å²) in [7, 11) is 0. The lowest BCUT2D eigenvalue weighted by Gasteiger charge is -2.42. The summed E-state index contributed by atoms with van der Waals surface area (Å²) in [4.78, 5) is 2.59. The van der Waals surface area contributed by atoms with E-state index in [4.69, 9.17) is 4.74 Å². The minimum absolute atomic E-state index is 0.278. The standard InChI is InChI=1S/C19H30N2O/c1-15(2)21-10-4-8-19(3,13-21)14-22-18-6-5-17-12-20-9-7-16(17)11-18/h5-6,11,15,20H,4,7-10,12-14H2,1-3H3. The molecule has 2 heterocycles. The lowest BCUT2D eigenvalue weighted by atomic mass is 9.82. The van der Waals surface area contributed by atoms with E-state index in [2.05, 4.69) is 49.2 Å². The van der Waals surface area contributed by atoms with Crippen molar-refractivity contribution in [3.05, 3.63) is 29.3 Å². The average molecular weight is 302 g/mol. The fourth-order valence-electron chi connectivity index (χ4n) is 3.72. The van der Waals surface area contributed by atoms with Crippen LogP contribution in [-0.4, -0.2) is 37.2 Å². The third-order valence-corrected chi connectivity index (χ3v) is 5.19. The Labute approximate surface area is 135 Å². The molecule has 0 amide bonds. The van der Waals surface area contributed by atoms with Gasteiger partial charge < -0.3 is 15.0 Å². The van der Waals surface area contributed by atoms with Crippen molar-refractivity contribution in [2.45, 2.75) is 52.6 Å². The molecule has 1 aromatic rings. The smallest absolute Gasteiger partial charge is 0.119 e. The van der Waals surface area contributed by atoms with E-state index < -0.39 is 0 Å². The van der Waals surface area contributed by atoms with Gasteiger partial charge in [0, 0.05) is 24.5 Å². The van der Waals surface area contributed by atoms with Crippen LogP contribution in [0.5, 0.6) is 5.75 Å². The van der Waals surface area contributed by atoms with E-state index in [1.165, 1.54) is 30.5 Å². The largest absolute Gasteiger partial charge is 0.493 e. The van der Waals surface area contributed by atoms with Gasteiger partial charge >= 0.3 is 0 Å². The molecule has 1 aromatic carbocycles. The second-order valence-electron chi connectivity index (χ2n) is 7.62. The van der Waals surface area contributed by atoms with Crippen molar-refractivity contribution < 1.29 is 4.74 Å². The van der Waals surface area contributed by atoms with Crippen molar-refractivity contribution in [2.24, 2.45) is 5.41 Å². The Morgan fingerprint density at radius 3 is 3.00 bits per heavy atom. The third kappa shape index (κ3) is 3.64. The minimum Gasteiger partial charge on any atom is -0.493 e. The van der Waals surface area contributed by atoms with Crippen LogP contribution in [0.1, 0.15) is 44.7 Å². The quantitative estimate of drug-likeness (QED) is 0.924. The highest BCUT2D eigenvalue weighted by atomic mass is 16.5. The molecule has 1 fully saturated rings. The van der Waals surface area contributed by atoms with Crippen molar-refractivity contribution in [3.63, 3.8) is 0 Å². The SMILES string of the molecule is CC(C)N1CCCC(C)(COc2ccc3c(c2)CCNC3)C1. The Kier molecular flexibility index (Phi) is 4.74. The fraction of sp³-hybridized carbons (Fsp3) is 0.684. The number of hydrogen-bond donors (Lipinski definition) is 1. The van der Waals surface area contributed by atoms with Crippen LogP contribution < -0.4 is 10.1 Å². The molecule has 1 N–H and O–H groups in total. The molecule has 2 aliphatic heterocycles. The summed E-state index contributed by atoms with van der Waals surface area (Å²) < 4.78 is 6.20. The predicted octanol–water partition coefficient (Wildman–Crippen LogP) is 3.22. The van der Waals surface area contributed by atoms with Crippen molar-refractivity contribution in [2.75, 3.05) is 26.2 Å². The minimum atomic E-state index is 0.278. The van der Waals surface area contributed by atoms with Gasteiger partial charge in [-0.05, 0) is 69.5 Å². The van der Waals surface area contributed by atoms with E-state index in [0.29, 0.717) is 6.04 Å².